The Hall–Kier alpha value is -1.88. The average molecular weight is 247 g/mol. The largest absolute Gasteiger partial charge is 0.485 e. The number of hydrogen-bond acceptors (Lipinski definition) is 5. The molecule has 0 spiro atoms. The van der Waals surface area contributed by atoms with E-state index in [2.05, 4.69) is 15.5 Å². The van der Waals surface area contributed by atoms with Crippen LogP contribution in [0.2, 0.25) is 0 Å². The summed E-state index contributed by atoms with van der Waals surface area (Å²) in [5.41, 5.74) is 2.66. The van der Waals surface area contributed by atoms with Crippen LogP contribution in [0.3, 0.4) is 0 Å². The third-order valence-electron chi connectivity index (χ3n) is 2.47. The fourth-order valence-electron chi connectivity index (χ4n) is 1.66. The highest BCUT2D eigenvalue weighted by Gasteiger charge is 2.07. The standard InChI is InChI=1S/C13H17N3O2/c1-9-4-5-13(12(15-9)7-14-3)17-8-11-6-10(2)18-16-11/h4-6,14H,7-8H2,1-3H3. The Bertz CT molecular complexity index is 523. The molecular weight excluding hydrogens is 230 g/mol. The van der Waals surface area contributed by atoms with E-state index in [0.29, 0.717) is 13.2 Å². The minimum Gasteiger partial charge on any atom is -0.485 e. The van der Waals surface area contributed by atoms with Gasteiger partial charge in [-0.1, -0.05) is 5.16 Å². The summed E-state index contributed by atoms with van der Waals surface area (Å²) in [6.45, 7) is 4.88. The molecule has 0 fully saturated rings. The first-order valence-electron chi connectivity index (χ1n) is 5.85. The molecule has 1 N–H and O–H groups in total. The van der Waals surface area contributed by atoms with Gasteiger partial charge in [0.05, 0.1) is 5.69 Å². The van der Waals surface area contributed by atoms with E-state index in [0.717, 1.165) is 28.6 Å². The molecule has 5 nitrogen and oxygen atoms in total. The van der Waals surface area contributed by atoms with Crippen molar-refractivity contribution in [2.24, 2.45) is 0 Å². The highest BCUT2D eigenvalue weighted by Crippen LogP contribution is 2.18. The Morgan fingerprint density at radius 2 is 2.17 bits per heavy atom. The van der Waals surface area contributed by atoms with Crippen molar-refractivity contribution in [3.63, 3.8) is 0 Å². The zero-order chi connectivity index (χ0) is 13.0. The van der Waals surface area contributed by atoms with Crippen molar-refractivity contribution in [3.8, 4) is 5.75 Å². The second kappa shape index (κ2) is 5.64. The summed E-state index contributed by atoms with van der Waals surface area (Å²) in [4.78, 5) is 4.45. The van der Waals surface area contributed by atoms with Gasteiger partial charge in [-0.05, 0) is 33.0 Å². The number of aryl methyl sites for hydroxylation is 2. The van der Waals surface area contributed by atoms with Crippen LogP contribution in [-0.4, -0.2) is 17.2 Å². The summed E-state index contributed by atoms with van der Waals surface area (Å²) < 4.78 is 10.7. The summed E-state index contributed by atoms with van der Waals surface area (Å²) in [5.74, 6) is 1.56. The third-order valence-corrected chi connectivity index (χ3v) is 2.47. The fraction of sp³-hybridized carbons (Fsp3) is 0.385. The van der Waals surface area contributed by atoms with Crippen LogP contribution in [0.15, 0.2) is 22.7 Å². The number of nitrogens with one attached hydrogen (secondary N) is 1. The predicted octanol–water partition coefficient (Wildman–Crippen LogP) is 1.98. The number of aromatic nitrogens is 2. The van der Waals surface area contributed by atoms with Gasteiger partial charge in [0.15, 0.2) is 0 Å². The van der Waals surface area contributed by atoms with E-state index in [9.17, 15) is 0 Å². The summed E-state index contributed by atoms with van der Waals surface area (Å²) in [6, 6.07) is 5.73. The molecule has 0 aliphatic carbocycles. The molecule has 0 saturated carbocycles. The molecule has 2 aromatic heterocycles. The molecule has 2 aromatic rings. The van der Waals surface area contributed by atoms with Crippen molar-refractivity contribution in [1.29, 1.82) is 0 Å². The van der Waals surface area contributed by atoms with Crippen LogP contribution in [0.25, 0.3) is 0 Å². The van der Waals surface area contributed by atoms with E-state index in [4.69, 9.17) is 9.26 Å². The van der Waals surface area contributed by atoms with Crippen molar-refractivity contribution in [1.82, 2.24) is 15.5 Å². The van der Waals surface area contributed by atoms with Crippen LogP contribution in [0.5, 0.6) is 5.75 Å². The van der Waals surface area contributed by atoms with Crippen molar-refractivity contribution in [3.05, 3.63) is 41.0 Å². The van der Waals surface area contributed by atoms with Gasteiger partial charge >= 0.3 is 0 Å². The number of pyridine rings is 1. The van der Waals surface area contributed by atoms with Crippen molar-refractivity contribution < 1.29 is 9.26 Å². The van der Waals surface area contributed by atoms with Gasteiger partial charge in [0, 0.05) is 18.3 Å². The van der Waals surface area contributed by atoms with Crippen molar-refractivity contribution in [2.75, 3.05) is 7.05 Å². The van der Waals surface area contributed by atoms with E-state index in [1.807, 2.05) is 39.1 Å². The fourth-order valence-corrected chi connectivity index (χ4v) is 1.66. The van der Waals surface area contributed by atoms with Crippen LogP contribution in [-0.2, 0) is 13.2 Å². The van der Waals surface area contributed by atoms with E-state index < -0.39 is 0 Å². The molecule has 0 atom stereocenters. The Labute approximate surface area is 106 Å². The van der Waals surface area contributed by atoms with E-state index in [1.165, 1.54) is 0 Å². The van der Waals surface area contributed by atoms with Gasteiger partial charge in [-0.3, -0.25) is 4.98 Å². The molecule has 18 heavy (non-hydrogen) atoms. The summed E-state index contributed by atoms with van der Waals surface area (Å²) >= 11 is 0. The molecule has 2 rings (SSSR count). The monoisotopic (exact) mass is 247 g/mol. The highest BCUT2D eigenvalue weighted by atomic mass is 16.5. The molecule has 0 bridgehead atoms. The topological polar surface area (TPSA) is 60.2 Å². The molecule has 0 amide bonds. The van der Waals surface area contributed by atoms with Crippen LogP contribution < -0.4 is 10.1 Å². The summed E-state index contributed by atoms with van der Waals surface area (Å²) in [5, 5.41) is 6.97. The van der Waals surface area contributed by atoms with Crippen molar-refractivity contribution in [2.45, 2.75) is 27.0 Å². The quantitative estimate of drug-likeness (QED) is 0.875. The van der Waals surface area contributed by atoms with Gasteiger partial charge in [0.2, 0.25) is 0 Å². The van der Waals surface area contributed by atoms with Gasteiger partial charge in [-0.2, -0.15) is 0 Å². The molecule has 2 heterocycles. The van der Waals surface area contributed by atoms with Gasteiger partial charge in [-0.15, -0.1) is 0 Å². The molecule has 0 aromatic carbocycles. The Kier molecular flexibility index (Phi) is 3.94. The molecule has 0 unspecified atom stereocenters. The van der Waals surface area contributed by atoms with Crippen LogP contribution in [0, 0.1) is 13.8 Å². The van der Waals surface area contributed by atoms with Crippen LogP contribution in [0.1, 0.15) is 22.8 Å². The third kappa shape index (κ3) is 3.07. The van der Waals surface area contributed by atoms with E-state index in [-0.39, 0.29) is 0 Å². The number of nitrogens with zero attached hydrogens (tertiary/aromatic N) is 2. The van der Waals surface area contributed by atoms with E-state index in [1.54, 1.807) is 0 Å². The first-order valence-corrected chi connectivity index (χ1v) is 5.85. The zero-order valence-corrected chi connectivity index (χ0v) is 10.9. The molecule has 0 radical (unpaired) electrons. The van der Waals surface area contributed by atoms with E-state index >= 15 is 0 Å². The molecule has 5 heteroatoms. The van der Waals surface area contributed by atoms with Crippen LogP contribution >= 0.6 is 0 Å². The lowest BCUT2D eigenvalue weighted by atomic mass is 10.3. The average Bonchev–Trinajstić information content (AvgIpc) is 2.75. The summed E-state index contributed by atoms with van der Waals surface area (Å²) in [7, 11) is 1.88. The molecular formula is C13H17N3O2. The molecule has 0 aliphatic heterocycles. The Morgan fingerprint density at radius 3 is 2.83 bits per heavy atom. The highest BCUT2D eigenvalue weighted by molar-refractivity contribution is 5.29. The maximum absolute atomic E-state index is 5.72. The lowest BCUT2D eigenvalue weighted by molar-refractivity contribution is 0.283. The summed E-state index contributed by atoms with van der Waals surface area (Å²) in [6.07, 6.45) is 0. The first-order chi connectivity index (χ1) is 8.69. The lowest BCUT2D eigenvalue weighted by Crippen LogP contribution is -2.10. The maximum atomic E-state index is 5.72. The molecule has 0 saturated heterocycles. The first kappa shape index (κ1) is 12.6. The predicted molar refractivity (Wildman–Crippen MR) is 67.3 cm³/mol. The van der Waals surface area contributed by atoms with Gasteiger partial charge in [0.1, 0.15) is 23.8 Å². The second-order valence-corrected chi connectivity index (χ2v) is 4.15. The number of rotatable bonds is 5. The van der Waals surface area contributed by atoms with Crippen molar-refractivity contribution >= 4 is 0 Å². The zero-order valence-electron chi connectivity index (χ0n) is 10.9. The minimum atomic E-state index is 0.388. The maximum Gasteiger partial charge on any atom is 0.142 e. The molecule has 0 aliphatic rings. The Morgan fingerprint density at radius 1 is 1.33 bits per heavy atom. The van der Waals surface area contributed by atoms with Gasteiger partial charge in [-0.25, -0.2) is 0 Å². The van der Waals surface area contributed by atoms with Gasteiger partial charge in [0.25, 0.3) is 0 Å². The smallest absolute Gasteiger partial charge is 0.142 e. The number of hydrogen-bond donors (Lipinski definition) is 1. The normalized spacial score (nSPS) is 10.6. The van der Waals surface area contributed by atoms with Gasteiger partial charge < -0.3 is 14.6 Å². The Balaban J connectivity index is 2.08. The SMILES string of the molecule is CNCc1nc(C)ccc1OCc1cc(C)on1. The minimum absolute atomic E-state index is 0.388. The van der Waals surface area contributed by atoms with Crippen LogP contribution in [0.4, 0.5) is 0 Å². The lowest BCUT2D eigenvalue weighted by Gasteiger charge is -2.10. The second-order valence-electron chi connectivity index (χ2n) is 4.15. The molecule has 96 valence electrons. The number of ether oxygens (including phenoxy) is 1.